The first-order valence-electron chi connectivity index (χ1n) is 4.94. The summed E-state index contributed by atoms with van der Waals surface area (Å²) in [4.78, 5) is 11.3. The molecule has 12 heavy (non-hydrogen) atoms. The van der Waals surface area contributed by atoms with Crippen LogP contribution in [0.5, 0.6) is 0 Å². The van der Waals surface area contributed by atoms with Crippen molar-refractivity contribution in [2.45, 2.75) is 39.5 Å². The Morgan fingerprint density at radius 1 is 1.33 bits per heavy atom. The molecule has 0 bridgehead atoms. The van der Waals surface area contributed by atoms with Crippen molar-refractivity contribution in [2.24, 2.45) is 11.8 Å². The Bertz CT molecular complexity index is 154. The van der Waals surface area contributed by atoms with Crippen LogP contribution in [0, 0.1) is 11.8 Å². The normalized spacial score (nSPS) is 31.0. The van der Waals surface area contributed by atoms with Gasteiger partial charge in [-0.25, -0.2) is 0 Å². The maximum Gasteiger partial charge on any atom is 0.308 e. The van der Waals surface area contributed by atoms with Gasteiger partial charge in [-0.15, -0.1) is 0 Å². The van der Waals surface area contributed by atoms with E-state index in [4.69, 9.17) is 4.74 Å². The maximum atomic E-state index is 11.3. The molecular weight excluding hydrogens is 152 g/mol. The standard InChI is InChI=1S/C10H18O2/c1-3-8-5-6-9(4-2)10(11)12-7-8/h8-9H,3-7H2,1-2H3. The molecule has 0 radical (unpaired) electrons. The van der Waals surface area contributed by atoms with Gasteiger partial charge in [0.1, 0.15) is 0 Å². The molecule has 70 valence electrons. The summed E-state index contributed by atoms with van der Waals surface area (Å²) in [6.07, 6.45) is 4.23. The molecule has 1 aliphatic heterocycles. The molecule has 0 N–H and O–H groups in total. The molecule has 1 aliphatic rings. The SMILES string of the molecule is CCC1CCC(CC)C(=O)OC1. The number of hydrogen-bond donors (Lipinski definition) is 0. The predicted octanol–water partition coefficient (Wildman–Crippen LogP) is 2.38. The first kappa shape index (κ1) is 9.56. The summed E-state index contributed by atoms with van der Waals surface area (Å²) in [5, 5.41) is 0. The molecule has 2 nitrogen and oxygen atoms in total. The average molecular weight is 170 g/mol. The molecule has 0 aliphatic carbocycles. The topological polar surface area (TPSA) is 26.3 Å². The maximum absolute atomic E-state index is 11.3. The molecule has 2 atom stereocenters. The minimum absolute atomic E-state index is 0.0217. The molecule has 1 heterocycles. The molecule has 0 amide bonds. The van der Waals surface area contributed by atoms with Gasteiger partial charge in [-0.1, -0.05) is 20.3 Å². The van der Waals surface area contributed by atoms with Crippen molar-refractivity contribution in [3.05, 3.63) is 0 Å². The first-order valence-corrected chi connectivity index (χ1v) is 4.94. The van der Waals surface area contributed by atoms with Crippen LogP contribution >= 0.6 is 0 Å². The van der Waals surface area contributed by atoms with Crippen LogP contribution in [0.1, 0.15) is 39.5 Å². The Balaban J connectivity index is 2.46. The second-order valence-corrected chi connectivity index (χ2v) is 3.59. The fourth-order valence-electron chi connectivity index (χ4n) is 1.65. The third-order valence-corrected chi connectivity index (χ3v) is 2.79. The Kier molecular flexibility index (Phi) is 3.57. The molecule has 1 saturated heterocycles. The van der Waals surface area contributed by atoms with Gasteiger partial charge >= 0.3 is 5.97 Å². The minimum Gasteiger partial charge on any atom is -0.465 e. The smallest absolute Gasteiger partial charge is 0.308 e. The van der Waals surface area contributed by atoms with Gasteiger partial charge in [0.05, 0.1) is 12.5 Å². The zero-order valence-corrected chi connectivity index (χ0v) is 8.01. The van der Waals surface area contributed by atoms with Crippen molar-refractivity contribution in [1.29, 1.82) is 0 Å². The lowest BCUT2D eigenvalue weighted by Crippen LogP contribution is -2.14. The van der Waals surface area contributed by atoms with Crippen LogP contribution in [0.3, 0.4) is 0 Å². The zero-order chi connectivity index (χ0) is 8.97. The van der Waals surface area contributed by atoms with E-state index in [1.807, 2.05) is 0 Å². The van der Waals surface area contributed by atoms with Crippen LogP contribution in [-0.2, 0) is 9.53 Å². The third kappa shape index (κ3) is 2.23. The van der Waals surface area contributed by atoms with Gasteiger partial charge in [0.2, 0.25) is 0 Å². The van der Waals surface area contributed by atoms with E-state index in [1.165, 1.54) is 0 Å². The van der Waals surface area contributed by atoms with Gasteiger partial charge in [-0.2, -0.15) is 0 Å². The van der Waals surface area contributed by atoms with E-state index in [9.17, 15) is 4.79 Å². The van der Waals surface area contributed by atoms with E-state index in [0.717, 1.165) is 25.7 Å². The summed E-state index contributed by atoms with van der Waals surface area (Å²) >= 11 is 0. The second kappa shape index (κ2) is 4.48. The highest BCUT2D eigenvalue weighted by Crippen LogP contribution is 2.23. The fourth-order valence-corrected chi connectivity index (χ4v) is 1.65. The van der Waals surface area contributed by atoms with Crippen LogP contribution in [0.4, 0.5) is 0 Å². The zero-order valence-electron chi connectivity index (χ0n) is 8.01. The number of cyclic esters (lactones) is 1. The molecule has 2 heteroatoms. The van der Waals surface area contributed by atoms with Crippen molar-refractivity contribution in [3.63, 3.8) is 0 Å². The van der Waals surface area contributed by atoms with Gasteiger partial charge in [0.15, 0.2) is 0 Å². The van der Waals surface area contributed by atoms with E-state index in [-0.39, 0.29) is 11.9 Å². The molecule has 1 fully saturated rings. The monoisotopic (exact) mass is 170 g/mol. The highest BCUT2D eigenvalue weighted by atomic mass is 16.5. The molecular formula is C10H18O2. The molecule has 0 saturated carbocycles. The summed E-state index contributed by atoms with van der Waals surface area (Å²) in [7, 11) is 0. The largest absolute Gasteiger partial charge is 0.465 e. The molecule has 0 aromatic heterocycles. The Labute approximate surface area is 74.3 Å². The van der Waals surface area contributed by atoms with Crippen molar-refractivity contribution in [3.8, 4) is 0 Å². The predicted molar refractivity (Wildman–Crippen MR) is 47.8 cm³/mol. The van der Waals surface area contributed by atoms with E-state index in [1.54, 1.807) is 0 Å². The van der Waals surface area contributed by atoms with Gasteiger partial charge in [0, 0.05) is 0 Å². The van der Waals surface area contributed by atoms with Gasteiger partial charge < -0.3 is 4.74 Å². The minimum atomic E-state index is 0.0217. The number of carbonyl (C=O) groups excluding carboxylic acids is 1. The Hall–Kier alpha value is -0.530. The van der Waals surface area contributed by atoms with Crippen LogP contribution in [-0.4, -0.2) is 12.6 Å². The van der Waals surface area contributed by atoms with Gasteiger partial charge in [-0.3, -0.25) is 4.79 Å². The summed E-state index contributed by atoms with van der Waals surface area (Å²) in [5.74, 6) is 0.792. The van der Waals surface area contributed by atoms with E-state index in [2.05, 4.69) is 13.8 Å². The molecule has 1 rings (SSSR count). The van der Waals surface area contributed by atoms with Crippen LogP contribution < -0.4 is 0 Å². The summed E-state index contributed by atoms with van der Waals surface area (Å²) in [5.41, 5.74) is 0. The summed E-state index contributed by atoms with van der Waals surface area (Å²) in [6.45, 7) is 4.86. The highest BCUT2D eigenvalue weighted by Gasteiger charge is 2.24. The van der Waals surface area contributed by atoms with Crippen molar-refractivity contribution >= 4 is 5.97 Å². The molecule has 0 aromatic carbocycles. The van der Waals surface area contributed by atoms with Crippen LogP contribution in [0.15, 0.2) is 0 Å². The summed E-state index contributed by atoms with van der Waals surface area (Å²) < 4.78 is 5.17. The van der Waals surface area contributed by atoms with E-state index >= 15 is 0 Å². The van der Waals surface area contributed by atoms with Crippen molar-refractivity contribution in [2.75, 3.05) is 6.61 Å². The quantitative estimate of drug-likeness (QED) is 0.595. The molecule has 2 unspecified atom stereocenters. The van der Waals surface area contributed by atoms with Crippen LogP contribution in [0.2, 0.25) is 0 Å². The lowest BCUT2D eigenvalue weighted by atomic mass is 9.95. The van der Waals surface area contributed by atoms with Crippen LogP contribution in [0.25, 0.3) is 0 Å². The van der Waals surface area contributed by atoms with Crippen molar-refractivity contribution in [1.82, 2.24) is 0 Å². The number of rotatable bonds is 2. The van der Waals surface area contributed by atoms with E-state index in [0.29, 0.717) is 12.5 Å². The number of esters is 1. The van der Waals surface area contributed by atoms with E-state index < -0.39 is 0 Å². The number of carbonyl (C=O) groups is 1. The van der Waals surface area contributed by atoms with Crippen molar-refractivity contribution < 1.29 is 9.53 Å². The lowest BCUT2D eigenvalue weighted by molar-refractivity contribution is -0.148. The third-order valence-electron chi connectivity index (χ3n) is 2.79. The molecule has 0 aromatic rings. The number of ether oxygens (including phenoxy) is 1. The average Bonchev–Trinajstić information content (AvgIpc) is 2.27. The Morgan fingerprint density at radius 2 is 2.08 bits per heavy atom. The second-order valence-electron chi connectivity index (χ2n) is 3.59. The summed E-state index contributed by atoms with van der Waals surface area (Å²) in [6, 6.07) is 0. The molecule has 0 spiro atoms. The highest BCUT2D eigenvalue weighted by molar-refractivity contribution is 5.72. The Morgan fingerprint density at radius 3 is 2.67 bits per heavy atom. The van der Waals surface area contributed by atoms with Gasteiger partial charge in [0.25, 0.3) is 0 Å². The first-order chi connectivity index (χ1) is 5.77. The van der Waals surface area contributed by atoms with Gasteiger partial charge in [-0.05, 0) is 25.2 Å². The number of hydrogen-bond acceptors (Lipinski definition) is 2. The lowest BCUT2D eigenvalue weighted by Gasteiger charge is -2.08. The fraction of sp³-hybridized carbons (Fsp3) is 0.900.